The van der Waals surface area contributed by atoms with Crippen molar-refractivity contribution in [3.05, 3.63) is 30.9 Å². The first-order chi connectivity index (χ1) is 11.4. The van der Waals surface area contributed by atoms with Crippen molar-refractivity contribution in [3.8, 4) is 0 Å². The molecule has 23 heavy (non-hydrogen) atoms. The number of rotatable bonds is 16. The Labute approximate surface area is 144 Å². The number of unbranched alkanes of at least 4 members (excludes halogenated alkanes) is 12. The Morgan fingerprint density at radius 2 is 1.30 bits per heavy atom. The number of nitrogens with zero attached hydrogens (tertiary/aromatic N) is 2. The van der Waals surface area contributed by atoms with E-state index in [2.05, 4.69) is 34.8 Å². The van der Waals surface area contributed by atoms with Gasteiger partial charge in [0.25, 0.3) is 0 Å². The van der Waals surface area contributed by atoms with Crippen molar-refractivity contribution in [2.24, 2.45) is 0 Å². The normalized spacial score (nSPS) is 11.5. The maximum absolute atomic E-state index is 4.07. The summed E-state index contributed by atoms with van der Waals surface area (Å²) < 4.78 is 2.18. The molecule has 0 spiro atoms. The third-order valence-corrected chi connectivity index (χ3v) is 4.49. The first-order valence-electron chi connectivity index (χ1n) is 10.0. The van der Waals surface area contributed by atoms with E-state index in [9.17, 15) is 0 Å². The first kappa shape index (κ1) is 20.0. The molecule has 0 bridgehead atoms. The van der Waals surface area contributed by atoms with Gasteiger partial charge < -0.3 is 4.57 Å². The van der Waals surface area contributed by atoms with Gasteiger partial charge in [-0.1, -0.05) is 76.9 Å². The monoisotopic (exact) mass is 318 g/mol. The van der Waals surface area contributed by atoms with Crippen LogP contribution >= 0.6 is 0 Å². The highest BCUT2D eigenvalue weighted by Crippen LogP contribution is 2.10. The van der Waals surface area contributed by atoms with Crippen molar-refractivity contribution in [1.29, 1.82) is 0 Å². The standard InChI is InChI=1S/C21H38N2/c1-2-3-4-5-6-7-8-9-10-11-12-13-14-15-16-17-19-23-20-18-22-21-23/h9-10,18,20-21H,2-8,11-17,19H2,1H3/b10-9-. The molecule has 132 valence electrons. The summed E-state index contributed by atoms with van der Waals surface area (Å²) in [5, 5.41) is 0. The van der Waals surface area contributed by atoms with Crippen LogP contribution in [0.5, 0.6) is 0 Å². The highest BCUT2D eigenvalue weighted by Gasteiger charge is 1.93. The van der Waals surface area contributed by atoms with E-state index in [-0.39, 0.29) is 0 Å². The first-order valence-corrected chi connectivity index (χ1v) is 10.0. The van der Waals surface area contributed by atoms with Gasteiger partial charge >= 0.3 is 0 Å². The number of hydrogen-bond donors (Lipinski definition) is 0. The second-order valence-electron chi connectivity index (χ2n) is 6.74. The van der Waals surface area contributed by atoms with Crippen molar-refractivity contribution in [1.82, 2.24) is 9.55 Å². The van der Waals surface area contributed by atoms with Gasteiger partial charge in [0.05, 0.1) is 6.33 Å². The molecule has 0 unspecified atom stereocenters. The van der Waals surface area contributed by atoms with Gasteiger partial charge in [0.15, 0.2) is 0 Å². The second-order valence-corrected chi connectivity index (χ2v) is 6.74. The fraction of sp³-hybridized carbons (Fsp3) is 0.762. The number of aryl methyl sites for hydroxylation is 1. The van der Waals surface area contributed by atoms with Gasteiger partial charge in [-0.15, -0.1) is 0 Å². The Balaban J connectivity index is 1.73. The van der Waals surface area contributed by atoms with E-state index in [0.29, 0.717) is 0 Å². The molecule has 0 saturated heterocycles. The van der Waals surface area contributed by atoms with Crippen molar-refractivity contribution in [2.75, 3.05) is 0 Å². The number of allylic oxidation sites excluding steroid dienone is 2. The molecule has 0 aliphatic heterocycles. The predicted molar refractivity (Wildman–Crippen MR) is 102 cm³/mol. The average molecular weight is 319 g/mol. The zero-order valence-corrected chi connectivity index (χ0v) is 15.4. The molecule has 0 saturated carbocycles. The predicted octanol–water partition coefficient (Wildman–Crippen LogP) is 6.92. The fourth-order valence-electron chi connectivity index (χ4n) is 2.96. The van der Waals surface area contributed by atoms with Gasteiger partial charge in [0, 0.05) is 18.9 Å². The van der Waals surface area contributed by atoms with Gasteiger partial charge in [-0.3, -0.25) is 0 Å². The van der Waals surface area contributed by atoms with Crippen molar-refractivity contribution < 1.29 is 0 Å². The van der Waals surface area contributed by atoms with E-state index in [1.807, 2.05) is 12.5 Å². The molecule has 1 aromatic rings. The molecule has 0 aromatic carbocycles. The Kier molecular flexibility index (Phi) is 13.8. The molecule has 0 N–H and O–H groups in total. The van der Waals surface area contributed by atoms with Crippen LogP contribution in [0.4, 0.5) is 0 Å². The van der Waals surface area contributed by atoms with E-state index in [1.54, 1.807) is 0 Å². The lowest BCUT2D eigenvalue weighted by Crippen LogP contribution is -1.93. The van der Waals surface area contributed by atoms with E-state index in [0.717, 1.165) is 6.54 Å². The van der Waals surface area contributed by atoms with E-state index < -0.39 is 0 Å². The molecule has 0 aliphatic carbocycles. The zero-order chi connectivity index (χ0) is 16.4. The van der Waals surface area contributed by atoms with Crippen LogP contribution in [0.1, 0.15) is 96.8 Å². The van der Waals surface area contributed by atoms with Crippen LogP contribution in [0.2, 0.25) is 0 Å². The molecule has 1 rings (SSSR count). The quantitative estimate of drug-likeness (QED) is 0.239. The minimum absolute atomic E-state index is 1.13. The molecule has 2 heteroatoms. The summed E-state index contributed by atoms with van der Waals surface area (Å²) in [6.07, 6.45) is 29.8. The summed E-state index contributed by atoms with van der Waals surface area (Å²) in [7, 11) is 0. The smallest absolute Gasteiger partial charge is 0.0945 e. The topological polar surface area (TPSA) is 17.8 Å². The molecule has 0 radical (unpaired) electrons. The molecule has 0 amide bonds. The highest BCUT2D eigenvalue weighted by molar-refractivity contribution is 4.81. The Morgan fingerprint density at radius 1 is 0.739 bits per heavy atom. The van der Waals surface area contributed by atoms with Crippen LogP contribution in [0.25, 0.3) is 0 Å². The summed E-state index contributed by atoms with van der Waals surface area (Å²) in [4.78, 5) is 4.07. The van der Waals surface area contributed by atoms with Crippen molar-refractivity contribution in [2.45, 2.75) is 103 Å². The largest absolute Gasteiger partial charge is 0.337 e. The zero-order valence-electron chi connectivity index (χ0n) is 15.4. The second kappa shape index (κ2) is 15.8. The van der Waals surface area contributed by atoms with E-state index >= 15 is 0 Å². The van der Waals surface area contributed by atoms with E-state index in [4.69, 9.17) is 0 Å². The minimum Gasteiger partial charge on any atom is -0.337 e. The molecule has 1 aromatic heterocycles. The summed E-state index contributed by atoms with van der Waals surface area (Å²) in [5.74, 6) is 0. The molecule has 1 heterocycles. The SMILES string of the molecule is CCCCCCCC/C=C\CCCCCCCCn1ccnc1. The van der Waals surface area contributed by atoms with Gasteiger partial charge in [0.2, 0.25) is 0 Å². The fourth-order valence-corrected chi connectivity index (χ4v) is 2.96. The molecular weight excluding hydrogens is 280 g/mol. The molecular formula is C21H38N2. The van der Waals surface area contributed by atoms with Crippen molar-refractivity contribution >= 4 is 0 Å². The minimum atomic E-state index is 1.13. The Bertz CT molecular complexity index is 354. The van der Waals surface area contributed by atoms with Crippen LogP contribution in [-0.2, 0) is 6.54 Å². The summed E-state index contributed by atoms with van der Waals surface area (Å²) in [5.41, 5.74) is 0. The lowest BCUT2D eigenvalue weighted by Gasteiger charge is -2.02. The average Bonchev–Trinajstić information content (AvgIpc) is 3.08. The lowest BCUT2D eigenvalue weighted by molar-refractivity contribution is 0.553. The lowest BCUT2D eigenvalue weighted by atomic mass is 10.1. The molecule has 0 aliphatic rings. The summed E-state index contributed by atoms with van der Waals surface area (Å²) >= 11 is 0. The molecule has 0 atom stereocenters. The molecule has 2 nitrogen and oxygen atoms in total. The van der Waals surface area contributed by atoms with Crippen LogP contribution in [0.3, 0.4) is 0 Å². The Morgan fingerprint density at radius 3 is 1.87 bits per heavy atom. The summed E-state index contributed by atoms with van der Waals surface area (Å²) in [6.45, 7) is 3.41. The van der Waals surface area contributed by atoms with Crippen LogP contribution in [-0.4, -0.2) is 9.55 Å². The number of imidazole rings is 1. The maximum Gasteiger partial charge on any atom is 0.0945 e. The van der Waals surface area contributed by atoms with Crippen LogP contribution in [0.15, 0.2) is 30.9 Å². The highest BCUT2D eigenvalue weighted by atomic mass is 15.0. The third-order valence-electron chi connectivity index (χ3n) is 4.49. The van der Waals surface area contributed by atoms with Crippen LogP contribution in [0, 0.1) is 0 Å². The third kappa shape index (κ3) is 13.1. The van der Waals surface area contributed by atoms with Gasteiger partial charge in [0.1, 0.15) is 0 Å². The Hall–Kier alpha value is -1.05. The van der Waals surface area contributed by atoms with Gasteiger partial charge in [-0.25, -0.2) is 4.98 Å². The van der Waals surface area contributed by atoms with Gasteiger partial charge in [-0.2, -0.15) is 0 Å². The maximum atomic E-state index is 4.07. The van der Waals surface area contributed by atoms with E-state index in [1.165, 1.54) is 89.9 Å². The van der Waals surface area contributed by atoms with Gasteiger partial charge in [-0.05, 0) is 32.1 Å². The number of hydrogen-bond acceptors (Lipinski definition) is 1. The summed E-state index contributed by atoms with van der Waals surface area (Å²) in [6, 6.07) is 0. The van der Waals surface area contributed by atoms with Crippen LogP contribution < -0.4 is 0 Å². The number of aromatic nitrogens is 2. The van der Waals surface area contributed by atoms with Crippen molar-refractivity contribution in [3.63, 3.8) is 0 Å². The molecule has 0 fully saturated rings.